The number of furan rings is 1. The van der Waals surface area contributed by atoms with Gasteiger partial charge in [-0.2, -0.15) is 0 Å². The first-order valence-corrected chi connectivity index (χ1v) is 7.06. The molecule has 0 atom stereocenters. The highest BCUT2D eigenvalue weighted by molar-refractivity contribution is 5.93. The molecule has 2 aliphatic rings. The van der Waals surface area contributed by atoms with Crippen LogP contribution < -0.4 is 0 Å². The number of rotatable bonds is 2. The van der Waals surface area contributed by atoms with Crippen molar-refractivity contribution in [1.82, 2.24) is 10.1 Å². The van der Waals surface area contributed by atoms with E-state index in [1.807, 2.05) is 4.90 Å². The zero-order valence-corrected chi connectivity index (χ0v) is 11.2. The van der Waals surface area contributed by atoms with E-state index in [2.05, 4.69) is 5.16 Å². The highest BCUT2D eigenvalue weighted by Gasteiger charge is 2.47. The van der Waals surface area contributed by atoms with Crippen LogP contribution in [0.4, 0.5) is 0 Å². The van der Waals surface area contributed by atoms with Gasteiger partial charge in [-0.3, -0.25) is 4.79 Å². The molecule has 1 saturated heterocycles. The fourth-order valence-electron chi connectivity index (χ4n) is 3.42. The molecule has 0 N–H and O–H groups in total. The minimum Gasteiger partial charge on any atom is -0.461 e. The van der Waals surface area contributed by atoms with E-state index in [0.717, 1.165) is 13.1 Å². The Morgan fingerprint density at radius 3 is 2.75 bits per heavy atom. The summed E-state index contributed by atoms with van der Waals surface area (Å²) in [6.45, 7) is 1.74. The van der Waals surface area contributed by atoms with Crippen LogP contribution in [0.3, 0.4) is 0 Å². The van der Waals surface area contributed by atoms with Gasteiger partial charge in [0.1, 0.15) is 0 Å². The maximum absolute atomic E-state index is 12.3. The van der Waals surface area contributed by atoms with E-state index in [1.54, 1.807) is 24.5 Å². The molecule has 5 nitrogen and oxygen atoms in total. The van der Waals surface area contributed by atoms with Gasteiger partial charge >= 0.3 is 0 Å². The first-order chi connectivity index (χ1) is 9.76. The smallest absolute Gasteiger partial charge is 0.276 e. The Labute approximate surface area is 116 Å². The third kappa shape index (κ3) is 1.77. The molecule has 2 fully saturated rings. The van der Waals surface area contributed by atoms with Crippen molar-refractivity contribution in [2.75, 3.05) is 13.1 Å². The summed E-state index contributed by atoms with van der Waals surface area (Å²) in [5.41, 5.74) is 0.771. The molecule has 1 aliphatic heterocycles. The van der Waals surface area contributed by atoms with E-state index >= 15 is 0 Å². The van der Waals surface area contributed by atoms with Gasteiger partial charge in [-0.05, 0) is 25.0 Å². The number of carbonyl (C=O) groups is 1. The van der Waals surface area contributed by atoms with Gasteiger partial charge in [0.05, 0.1) is 6.26 Å². The summed E-state index contributed by atoms with van der Waals surface area (Å²) >= 11 is 0. The molecule has 4 rings (SSSR count). The maximum atomic E-state index is 12.3. The van der Waals surface area contributed by atoms with Gasteiger partial charge in [-0.25, -0.2) is 0 Å². The Morgan fingerprint density at radius 2 is 2.05 bits per heavy atom. The Kier molecular flexibility index (Phi) is 2.49. The van der Waals surface area contributed by atoms with Crippen LogP contribution in [0, 0.1) is 5.41 Å². The fraction of sp³-hybridized carbons (Fsp3) is 0.467. The van der Waals surface area contributed by atoms with Crippen molar-refractivity contribution in [2.45, 2.75) is 25.7 Å². The van der Waals surface area contributed by atoms with E-state index in [0.29, 0.717) is 22.6 Å². The summed E-state index contributed by atoms with van der Waals surface area (Å²) in [6, 6.07) is 5.21. The quantitative estimate of drug-likeness (QED) is 0.843. The summed E-state index contributed by atoms with van der Waals surface area (Å²) in [5, 5.41) is 3.86. The van der Waals surface area contributed by atoms with Gasteiger partial charge in [-0.1, -0.05) is 18.0 Å². The van der Waals surface area contributed by atoms with Crippen LogP contribution in [-0.2, 0) is 0 Å². The molecule has 104 valence electrons. The molecule has 0 bridgehead atoms. The molecular formula is C15H16N2O3. The van der Waals surface area contributed by atoms with Crippen molar-refractivity contribution in [1.29, 1.82) is 0 Å². The second kappa shape index (κ2) is 4.23. The summed E-state index contributed by atoms with van der Waals surface area (Å²) in [6.07, 6.45) is 6.68. The van der Waals surface area contributed by atoms with Crippen molar-refractivity contribution in [3.8, 4) is 11.5 Å². The Balaban J connectivity index is 1.47. The zero-order chi connectivity index (χ0) is 13.6. The third-order valence-electron chi connectivity index (χ3n) is 4.50. The molecule has 0 radical (unpaired) electrons. The maximum Gasteiger partial charge on any atom is 0.276 e. The molecule has 1 saturated carbocycles. The van der Waals surface area contributed by atoms with Gasteiger partial charge in [0.15, 0.2) is 11.5 Å². The van der Waals surface area contributed by atoms with Crippen molar-refractivity contribution in [3.63, 3.8) is 0 Å². The van der Waals surface area contributed by atoms with Gasteiger partial charge in [-0.15, -0.1) is 0 Å². The molecule has 20 heavy (non-hydrogen) atoms. The van der Waals surface area contributed by atoms with E-state index in [-0.39, 0.29) is 5.91 Å². The largest absolute Gasteiger partial charge is 0.461 e. The summed E-state index contributed by atoms with van der Waals surface area (Å²) < 4.78 is 10.4. The van der Waals surface area contributed by atoms with Crippen LogP contribution in [0.5, 0.6) is 0 Å². The molecule has 1 aliphatic carbocycles. The standard InChI is InChI=1S/C15H16N2O3/c18-14(17-9-15(10-17)5-1-2-6-15)11-8-13(20-16-11)12-4-3-7-19-12/h3-4,7-8H,1-2,5-6,9-10H2. The number of hydrogen-bond donors (Lipinski definition) is 0. The molecule has 5 heteroatoms. The average Bonchev–Trinajstić information content (AvgIpc) is 3.14. The zero-order valence-electron chi connectivity index (χ0n) is 11.2. The van der Waals surface area contributed by atoms with E-state index in [9.17, 15) is 4.79 Å². The highest BCUT2D eigenvalue weighted by atomic mass is 16.5. The van der Waals surface area contributed by atoms with Crippen molar-refractivity contribution in [2.24, 2.45) is 5.41 Å². The summed E-state index contributed by atoms with van der Waals surface area (Å²) in [4.78, 5) is 14.2. The number of aromatic nitrogens is 1. The van der Waals surface area contributed by atoms with Crippen molar-refractivity contribution in [3.05, 3.63) is 30.2 Å². The first kappa shape index (κ1) is 11.8. The molecule has 1 amide bonds. The van der Waals surface area contributed by atoms with Crippen LogP contribution in [-0.4, -0.2) is 29.1 Å². The van der Waals surface area contributed by atoms with Gasteiger partial charge in [0, 0.05) is 24.6 Å². The second-order valence-corrected chi connectivity index (χ2v) is 5.92. The molecule has 0 aromatic carbocycles. The predicted molar refractivity (Wildman–Crippen MR) is 71.0 cm³/mol. The second-order valence-electron chi connectivity index (χ2n) is 5.92. The number of likely N-dealkylation sites (tertiary alicyclic amines) is 1. The SMILES string of the molecule is O=C(c1cc(-c2ccco2)on1)N1CC2(CCCC2)C1. The monoisotopic (exact) mass is 272 g/mol. The lowest BCUT2D eigenvalue weighted by atomic mass is 9.78. The number of nitrogens with zero attached hydrogens (tertiary/aromatic N) is 2. The summed E-state index contributed by atoms with van der Waals surface area (Å²) in [7, 11) is 0. The van der Waals surface area contributed by atoms with Gasteiger partial charge in [0.2, 0.25) is 5.76 Å². The molecular weight excluding hydrogens is 256 g/mol. The number of amides is 1. The number of hydrogen-bond acceptors (Lipinski definition) is 4. The molecule has 2 aromatic heterocycles. The highest BCUT2D eigenvalue weighted by Crippen LogP contribution is 2.45. The Bertz CT molecular complexity index is 615. The Morgan fingerprint density at radius 1 is 1.25 bits per heavy atom. The van der Waals surface area contributed by atoms with Crippen LogP contribution in [0.2, 0.25) is 0 Å². The molecule has 2 aromatic rings. The molecule has 1 spiro atoms. The lowest BCUT2D eigenvalue weighted by Crippen LogP contribution is -2.57. The van der Waals surface area contributed by atoms with Gasteiger partial charge in [0.25, 0.3) is 5.91 Å². The van der Waals surface area contributed by atoms with E-state index in [4.69, 9.17) is 8.94 Å². The van der Waals surface area contributed by atoms with E-state index in [1.165, 1.54) is 25.7 Å². The minimum atomic E-state index is -0.0379. The third-order valence-corrected chi connectivity index (χ3v) is 4.50. The topological polar surface area (TPSA) is 59.5 Å². The molecule has 0 unspecified atom stereocenters. The van der Waals surface area contributed by atoms with Crippen molar-refractivity contribution >= 4 is 5.91 Å². The van der Waals surface area contributed by atoms with Crippen molar-refractivity contribution < 1.29 is 13.7 Å². The van der Waals surface area contributed by atoms with Crippen LogP contribution in [0.25, 0.3) is 11.5 Å². The van der Waals surface area contributed by atoms with Crippen LogP contribution >= 0.6 is 0 Å². The minimum absolute atomic E-state index is 0.0379. The molecule has 3 heterocycles. The first-order valence-electron chi connectivity index (χ1n) is 7.06. The fourth-order valence-corrected chi connectivity index (χ4v) is 3.42. The van der Waals surface area contributed by atoms with Gasteiger partial charge < -0.3 is 13.8 Å². The Hall–Kier alpha value is -2.04. The van der Waals surface area contributed by atoms with Crippen LogP contribution in [0.15, 0.2) is 33.4 Å². The normalized spacial score (nSPS) is 20.3. The average molecular weight is 272 g/mol. The predicted octanol–water partition coefficient (Wildman–Crippen LogP) is 2.95. The summed E-state index contributed by atoms with van der Waals surface area (Å²) in [5.74, 6) is 1.05. The lowest BCUT2D eigenvalue weighted by molar-refractivity contribution is 0.00856. The van der Waals surface area contributed by atoms with Crippen LogP contribution in [0.1, 0.15) is 36.2 Å². The van der Waals surface area contributed by atoms with E-state index < -0.39 is 0 Å². The number of carbonyl (C=O) groups excluding carboxylic acids is 1. The lowest BCUT2D eigenvalue weighted by Gasteiger charge is -2.47.